The quantitative estimate of drug-likeness (QED) is 0.841. The van der Waals surface area contributed by atoms with Gasteiger partial charge in [-0.3, -0.25) is 4.79 Å². The van der Waals surface area contributed by atoms with Crippen LogP contribution in [0.15, 0.2) is 18.2 Å². The lowest BCUT2D eigenvalue weighted by atomic mass is 9.92. The Bertz CT molecular complexity index is 487. The number of likely N-dealkylation sites (N-methyl/N-ethyl adjacent to an activating group) is 1. The zero-order chi connectivity index (χ0) is 16.0. The molecule has 1 aromatic rings. The molecule has 0 spiro atoms. The van der Waals surface area contributed by atoms with Crippen molar-refractivity contribution in [1.29, 1.82) is 0 Å². The molecule has 1 amide bonds. The SMILES string of the molecule is CCN(Cc1ccc(OC)c(F)c1)C(=O)C(N)(CC)CC. The first-order chi connectivity index (χ1) is 9.91. The Kier molecular flexibility index (Phi) is 6.15. The van der Waals surface area contributed by atoms with Crippen LogP contribution in [0.1, 0.15) is 39.2 Å². The molecule has 0 bridgehead atoms. The van der Waals surface area contributed by atoms with Crippen molar-refractivity contribution in [3.8, 4) is 5.75 Å². The van der Waals surface area contributed by atoms with Gasteiger partial charge >= 0.3 is 0 Å². The predicted octanol–water partition coefficient (Wildman–Crippen LogP) is 2.70. The predicted molar refractivity (Wildman–Crippen MR) is 81.5 cm³/mol. The Balaban J connectivity index is 2.92. The van der Waals surface area contributed by atoms with Gasteiger partial charge in [0.2, 0.25) is 5.91 Å². The van der Waals surface area contributed by atoms with Crippen LogP contribution >= 0.6 is 0 Å². The van der Waals surface area contributed by atoms with Gasteiger partial charge in [-0.1, -0.05) is 19.9 Å². The molecule has 0 atom stereocenters. The van der Waals surface area contributed by atoms with Gasteiger partial charge in [0.05, 0.1) is 12.6 Å². The first-order valence-electron chi connectivity index (χ1n) is 7.32. The summed E-state index contributed by atoms with van der Waals surface area (Å²) in [5, 5.41) is 0. The summed E-state index contributed by atoms with van der Waals surface area (Å²) in [6.07, 6.45) is 1.16. The van der Waals surface area contributed by atoms with Crippen LogP contribution in [0.4, 0.5) is 4.39 Å². The van der Waals surface area contributed by atoms with Crippen molar-refractivity contribution in [3.05, 3.63) is 29.6 Å². The number of rotatable bonds is 7. The maximum absolute atomic E-state index is 13.7. The van der Waals surface area contributed by atoms with E-state index in [1.165, 1.54) is 13.2 Å². The highest BCUT2D eigenvalue weighted by molar-refractivity contribution is 5.86. The van der Waals surface area contributed by atoms with Gasteiger partial charge < -0.3 is 15.4 Å². The molecular formula is C16H25FN2O2. The molecule has 0 heterocycles. The standard InChI is InChI=1S/C16H25FN2O2/c1-5-16(18,6-2)15(20)19(7-3)11-12-8-9-14(21-4)13(17)10-12/h8-10H,5-7,11,18H2,1-4H3. The Morgan fingerprint density at radius 2 is 1.95 bits per heavy atom. The number of nitrogens with two attached hydrogens (primary N) is 1. The third-order valence-corrected chi connectivity index (χ3v) is 3.95. The second-order valence-corrected chi connectivity index (χ2v) is 5.15. The summed E-state index contributed by atoms with van der Waals surface area (Å²) in [4.78, 5) is 14.2. The van der Waals surface area contributed by atoms with Crippen LogP contribution < -0.4 is 10.5 Å². The summed E-state index contributed by atoms with van der Waals surface area (Å²) in [6, 6.07) is 4.72. The largest absolute Gasteiger partial charge is 0.494 e. The van der Waals surface area contributed by atoms with Gasteiger partial charge in [-0.2, -0.15) is 0 Å². The monoisotopic (exact) mass is 296 g/mol. The van der Waals surface area contributed by atoms with Gasteiger partial charge in [0.1, 0.15) is 0 Å². The minimum Gasteiger partial charge on any atom is -0.494 e. The number of nitrogens with zero attached hydrogens (tertiary/aromatic N) is 1. The molecule has 0 aromatic heterocycles. The maximum Gasteiger partial charge on any atom is 0.242 e. The molecule has 118 valence electrons. The number of hydrogen-bond acceptors (Lipinski definition) is 3. The van der Waals surface area contributed by atoms with Crippen LogP contribution in [0.3, 0.4) is 0 Å². The number of carbonyl (C=O) groups excluding carboxylic acids is 1. The van der Waals surface area contributed by atoms with E-state index in [9.17, 15) is 9.18 Å². The molecule has 0 unspecified atom stereocenters. The molecule has 21 heavy (non-hydrogen) atoms. The molecule has 5 heteroatoms. The highest BCUT2D eigenvalue weighted by Crippen LogP contribution is 2.21. The average Bonchev–Trinajstić information content (AvgIpc) is 2.51. The summed E-state index contributed by atoms with van der Waals surface area (Å²) in [6.45, 7) is 6.58. The van der Waals surface area contributed by atoms with Gasteiger partial charge in [0.15, 0.2) is 11.6 Å². The molecule has 0 aliphatic rings. The van der Waals surface area contributed by atoms with Crippen LogP contribution in [-0.2, 0) is 11.3 Å². The fourth-order valence-corrected chi connectivity index (χ4v) is 2.22. The summed E-state index contributed by atoms with van der Waals surface area (Å²) < 4.78 is 18.6. The first-order valence-corrected chi connectivity index (χ1v) is 7.32. The van der Waals surface area contributed by atoms with Crippen molar-refractivity contribution in [2.24, 2.45) is 5.73 Å². The normalized spacial score (nSPS) is 11.3. The van der Waals surface area contributed by atoms with E-state index in [2.05, 4.69) is 0 Å². The van der Waals surface area contributed by atoms with E-state index in [0.29, 0.717) is 25.9 Å². The molecule has 1 rings (SSSR count). The zero-order valence-corrected chi connectivity index (χ0v) is 13.3. The summed E-state index contributed by atoms with van der Waals surface area (Å²) >= 11 is 0. The van der Waals surface area contributed by atoms with Crippen LogP contribution in [0.25, 0.3) is 0 Å². The summed E-state index contributed by atoms with van der Waals surface area (Å²) in [7, 11) is 1.42. The Morgan fingerprint density at radius 3 is 2.38 bits per heavy atom. The Labute approximate surface area is 126 Å². The van der Waals surface area contributed by atoms with E-state index in [1.807, 2.05) is 20.8 Å². The van der Waals surface area contributed by atoms with Crippen LogP contribution in [0, 0.1) is 5.82 Å². The number of hydrogen-bond donors (Lipinski definition) is 1. The maximum atomic E-state index is 13.7. The van der Waals surface area contributed by atoms with E-state index >= 15 is 0 Å². The fourth-order valence-electron chi connectivity index (χ4n) is 2.22. The lowest BCUT2D eigenvalue weighted by molar-refractivity contribution is -0.137. The molecule has 0 aliphatic heterocycles. The Morgan fingerprint density at radius 1 is 1.33 bits per heavy atom. The molecule has 1 aromatic carbocycles. The van der Waals surface area contributed by atoms with E-state index in [4.69, 9.17) is 10.5 Å². The van der Waals surface area contributed by atoms with Crippen LogP contribution in [-0.4, -0.2) is 30.0 Å². The van der Waals surface area contributed by atoms with Gasteiger partial charge in [0.25, 0.3) is 0 Å². The highest BCUT2D eigenvalue weighted by atomic mass is 19.1. The number of ether oxygens (including phenoxy) is 1. The second-order valence-electron chi connectivity index (χ2n) is 5.15. The number of amides is 1. The third-order valence-electron chi connectivity index (χ3n) is 3.95. The molecule has 2 N–H and O–H groups in total. The average molecular weight is 296 g/mol. The molecule has 0 aliphatic carbocycles. The second kappa shape index (κ2) is 7.41. The van der Waals surface area contributed by atoms with Crippen LogP contribution in [0.5, 0.6) is 5.75 Å². The number of carbonyl (C=O) groups is 1. The lowest BCUT2D eigenvalue weighted by Crippen LogP contribution is -2.54. The van der Waals surface area contributed by atoms with Gasteiger partial charge in [-0.15, -0.1) is 0 Å². The van der Waals surface area contributed by atoms with E-state index in [1.54, 1.807) is 17.0 Å². The highest BCUT2D eigenvalue weighted by Gasteiger charge is 2.33. The fraction of sp³-hybridized carbons (Fsp3) is 0.562. The van der Waals surface area contributed by atoms with Gasteiger partial charge in [-0.25, -0.2) is 4.39 Å². The number of methoxy groups -OCH3 is 1. The minimum atomic E-state index is -0.846. The molecule has 0 saturated carbocycles. The zero-order valence-electron chi connectivity index (χ0n) is 13.3. The van der Waals surface area contributed by atoms with Crippen molar-refractivity contribution in [2.45, 2.75) is 45.7 Å². The molecule has 0 radical (unpaired) electrons. The van der Waals surface area contributed by atoms with Gasteiger partial charge in [0, 0.05) is 13.1 Å². The summed E-state index contributed by atoms with van der Waals surface area (Å²) in [5.74, 6) is -0.321. The van der Waals surface area contributed by atoms with E-state index < -0.39 is 11.4 Å². The molecule has 0 fully saturated rings. The number of halogens is 1. The summed E-state index contributed by atoms with van der Waals surface area (Å²) in [5.41, 5.74) is 6.03. The number of benzene rings is 1. The molecular weight excluding hydrogens is 271 g/mol. The minimum absolute atomic E-state index is 0.0915. The van der Waals surface area contributed by atoms with E-state index in [0.717, 1.165) is 5.56 Å². The third kappa shape index (κ3) is 3.94. The van der Waals surface area contributed by atoms with Crippen LogP contribution in [0.2, 0.25) is 0 Å². The smallest absolute Gasteiger partial charge is 0.242 e. The van der Waals surface area contributed by atoms with Crippen molar-refractivity contribution in [1.82, 2.24) is 4.90 Å². The molecule has 4 nitrogen and oxygen atoms in total. The van der Waals surface area contributed by atoms with Crippen molar-refractivity contribution >= 4 is 5.91 Å². The van der Waals surface area contributed by atoms with Crippen molar-refractivity contribution in [3.63, 3.8) is 0 Å². The lowest BCUT2D eigenvalue weighted by Gasteiger charge is -2.32. The topological polar surface area (TPSA) is 55.6 Å². The van der Waals surface area contributed by atoms with Gasteiger partial charge in [-0.05, 0) is 37.5 Å². The van der Waals surface area contributed by atoms with E-state index in [-0.39, 0.29) is 11.7 Å². The Hall–Kier alpha value is -1.62. The molecule has 0 saturated heterocycles. The van der Waals surface area contributed by atoms with Crippen molar-refractivity contribution < 1.29 is 13.9 Å². The first kappa shape index (κ1) is 17.4. The van der Waals surface area contributed by atoms with Crippen molar-refractivity contribution in [2.75, 3.05) is 13.7 Å².